The minimum Gasteiger partial charge on any atom is -0.507 e. The Hall–Kier alpha value is -2.53. The Morgan fingerprint density at radius 1 is 1.15 bits per heavy atom. The van der Waals surface area contributed by atoms with Crippen LogP contribution in [0, 0.1) is 0 Å². The standard InChI is InChI=1S/C22H14Br2ClN3O4S/c23-14-6-12(20(30)17(24)9-14)8-19-21(31)28(11-16-2-1-5-32-16)22(33-19)27-26-10-13-7-15(25)3-4-18(13)29/h1-10,29-30H,11H2/b19-8-,26-10+,27-22-. The Morgan fingerprint density at radius 2 is 1.97 bits per heavy atom. The van der Waals surface area contributed by atoms with Gasteiger partial charge in [0.2, 0.25) is 0 Å². The summed E-state index contributed by atoms with van der Waals surface area (Å²) in [6.45, 7) is 0.154. The van der Waals surface area contributed by atoms with E-state index in [2.05, 4.69) is 42.1 Å². The van der Waals surface area contributed by atoms with Crippen LogP contribution in [-0.2, 0) is 11.3 Å². The Bertz CT molecular complexity index is 1310. The minimum absolute atomic E-state index is 0.00207. The molecule has 1 amide bonds. The maximum Gasteiger partial charge on any atom is 0.267 e. The summed E-state index contributed by atoms with van der Waals surface area (Å²) in [4.78, 5) is 14.9. The monoisotopic (exact) mass is 609 g/mol. The van der Waals surface area contributed by atoms with Gasteiger partial charge in [0.25, 0.3) is 5.91 Å². The van der Waals surface area contributed by atoms with Crippen LogP contribution in [0.25, 0.3) is 6.08 Å². The van der Waals surface area contributed by atoms with Crippen LogP contribution in [0.1, 0.15) is 16.9 Å². The smallest absolute Gasteiger partial charge is 0.267 e. The van der Waals surface area contributed by atoms with Gasteiger partial charge in [-0.15, -0.1) is 5.10 Å². The molecular formula is C22H14Br2ClN3O4S. The number of thioether (sulfide) groups is 1. The zero-order valence-corrected chi connectivity index (χ0v) is 21.3. The highest BCUT2D eigenvalue weighted by Gasteiger charge is 2.34. The number of halogens is 3. The molecule has 1 fully saturated rings. The Morgan fingerprint density at radius 3 is 2.73 bits per heavy atom. The van der Waals surface area contributed by atoms with Crippen molar-refractivity contribution in [2.45, 2.75) is 6.54 Å². The fourth-order valence-corrected chi connectivity index (χ4v) is 5.25. The highest BCUT2D eigenvalue weighted by atomic mass is 79.9. The van der Waals surface area contributed by atoms with E-state index in [0.29, 0.717) is 36.5 Å². The van der Waals surface area contributed by atoms with Gasteiger partial charge in [-0.3, -0.25) is 9.69 Å². The van der Waals surface area contributed by atoms with Crippen LogP contribution in [0.15, 0.2) is 77.2 Å². The van der Waals surface area contributed by atoms with Crippen molar-refractivity contribution in [3.05, 3.63) is 84.5 Å². The number of benzene rings is 2. The van der Waals surface area contributed by atoms with Crippen LogP contribution in [0.3, 0.4) is 0 Å². The zero-order valence-electron chi connectivity index (χ0n) is 16.6. The van der Waals surface area contributed by atoms with Gasteiger partial charge >= 0.3 is 0 Å². The lowest BCUT2D eigenvalue weighted by Gasteiger charge is -2.12. The maximum atomic E-state index is 13.2. The van der Waals surface area contributed by atoms with Gasteiger partial charge in [-0.2, -0.15) is 5.10 Å². The van der Waals surface area contributed by atoms with Crippen molar-refractivity contribution in [1.29, 1.82) is 0 Å². The van der Waals surface area contributed by atoms with E-state index in [4.69, 9.17) is 16.0 Å². The number of nitrogens with zero attached hydrogens (tertiary/aromatic N) is 3. The number of aromatic hydroxyl groups is 2. The molecule has 3 aromatic rings. The Balaban J connectivity index is 1.68. The van der Waals surface area contributed by atoms with Crippen molar-refractivity contribution in [2.75, 3.05) is 0 Å². The summed E-state index contributed by atoms with van der Waals surface area (Å²) in [5, 5.41) is 29.3. The topological polar surface area (TPSA) is 98.6 Å². The van der Waals surface area contributed by atoms with E-state index in [9.17, 15) is 15.0 Å². The van der Waals surface area contributed by atoms with Crippen molar-refractivity contribution in [3.8, 4) is 11.5 Å². The summed E-state index contributed by atoms with van der Waals surface area (Å²) < 4.78 is 6.61. The molecule has 1 aliphatic heterocycles. The second-order valence-corrected chi connectivity index (χ2v) is 9.95. The van der Waals surface area contributed by atoms with Crippen molar-refractivity contribution in [2.24, 2.45) is 10.2 Å². The molecule has 168 valence electrons. The molecule has 0 bridgehead atoms. The number of amidine groups is 1. The SMILES string of the molecule is O=C1/C(=C/c2cc(Br)cc(Br)c2O)S/C(=N\N=C\c2cc(Cl)ccc2O)N1Cc1ccco1. The molecule has 0 atom stereocenters. The predicted octanol–water partition coefficient (Wildman–Crippen LogP) is 6.38. The van der Waals surface area contributed by atoms with Gasteiger partial charge in [-0.05, 0) is 76.2 Å². The van der Waals surface area contributed by atoms with Crippen LogP contribution in [0.4, 0.5) is 0 Å². The van der Waals surface area contributed by atoms with Crippen molar-refractivity contribution in [1.82, 2.24) is 4.90 Å². The fourth-order valence-electron chi connectivity index (χ4n) is 2.89. The van der Waals surface area contributed by atoms with Crippen LogP contribution in [0.2, 0.25) is 5.02 Å². The number of amides is 1. The molecule has 0 unspecified atom stereocenters. The van der Waals surface area contributed by atoms with Crippen molar-refractivity contribution < 1.29 is 19.4 Å². The van der Waals surface area contributed by atoms with E-state index in [1.54, 1.807) is 42.5 Å². The molecule has 0 saturated carbocycles. The molecule has 1 aromatic heterocycles. The van der Waals surface area contributed by atoms with Gasteiger partial charge in [0.15, 0.2) is 5.17 Å². The lowest BCUT2D eigenvalue weighted by Crippen LogP contribution is -2.28. The highest BCUT2D eigenvalue weighted by Crippen LogP contribution is 2.38. The Labute approximate surface area is 214 Å². The first kappa shape index (κ1) is 23.6. The third-order valence-corrected chi connectivity index (χ3v) is 6.75. The van der Waals surface area contributed by atoms with Gasteiger partial charge < -0.3 is 14.6 Å². The second kappa shape index (κ2) is 10.2. The average Bonchev–Trinajstić information content (AvgIpc) is 3.38. The molecule has 0 spiro atoms. The van der Waals surface area contributed by atoms with E-state index in [-0.39, 0.29) is 24.0 Å². The van der Waals surface area contributed by atoms with Gasteiger partial charge in [0.05, 0.1) is 28.4 Å². The molecule has 33 heavy (non-hydrogen) atoms. The summed E-state index contributed by atoms with van der Waals surface area (Å²) in [7, 11) is 0. The number of carbonyl (C=O) groups excluding carboxylic acids is 1. The minimum atomic E-state index is -0.313. The lowest BCUT2D eigenvalue weighted by molar-refractivity contribution is -0.122. The molecule has 2 N–H and O–H groups in total. The lowest BCUT2D eigenvalue weighted by atomic mass is 10.2. The zero-order chi connectivity index (χ0) is 23.5. The van der Waals surface area contributed by atoms with E-state index in [1.807, 2.05) is 0 Å². The first-order valence-corrected chi connectivity index (χ1v) is 12.1. The number of hydrogen-bond donors (Lipinski definition) is 2. The normalized spacial score (nSPS) is 16.6. The number of hydrogen-bond acceptors (Lipinski definition) is 7. The van der Waals surface area contributed by atoms with Crippen molar-refractivity contribution >= 4 is 78.6 Å². The highest BCUT2D eigenvalue weighted by molar-refractivity contribution is 9.11. The molecule has 4 rings (SSSR count). The molecule has 0 radical (unpaired) electrons. The van der Waals surface area contributed by atoms with E-state index >= 15 is 0 Å². The summed E-state index contributed by atoms with van der Waals surface area (Å²) in [5.41, 5.74) is 0.845. The summed E-state index contributed by atoms with van der Waals surface area (Å²) in [5.74, 6) is 0.271. The van der Waals surface area contributed by atoms with Gasteiger partial charge in [-0.1, -0.05) is 27.5 Å². The molecular weight excluding hydrogens is 598 g/mol. The molecule has 7 nitrogen and oxygen atoms in total. The molecule has 11 heteroatoms. The molecule has 2 aromatic carbocycles. The van der Waals surface area contributed by atoms with Gasteiger partial charge in [0, 0.05) is 20.6 Å². The largest absolute Gasteiger partial charge is 0.507 e. The quantitative estimate of drug-likeness (QED) is 0.198. The van der Waals surface area contributed by atoms with Crippen LogP contribution >= 0.6 is 55.2 Å². The predicted molar refractivity (Wildman–Crippen MR) is 136 cm³/mol. The Kier molecular flexibility index (Phi) is 7.28. The summed E-state index contributed by atoms with van der Waals surface area (Å²) >= 11 is 13.8. The van der Waals surface area contributed by atoms with E-state index in [0.717, 1.165) is 16.2 Å². The van der Waals surface area contributed by atoms with E-state index < -0.39 is 0 Å². The average molecular weight is 612 g/mol. The summed E-state index contributed by atoms with van der Waals surface area (Å²) in [6.07, 6.45) is 4.46. The molecule has 1 aliphatic rings. The van der Waals surface area contributed by atoms with Crippen LogP contribution in [-0.4, -0.2) is 32.4 Å². The number of furan rings is 1. The number of phenols is 2. The molecule has 1 saturated heterocycles. The first-order chi connectivity index (χ1) is 15.8. The van der Waals surface area contributed by atoms with Gasteiger partial charge in [0.1, 0.15) is 17.3 Å². The third-order valence-electron chi connectivity index (χ3n) is 4.46. The molecule has 0 aliphatic carbocycles. The number of carbonyl (C=O) groups is 1. The maximum absolute atomic E-state index is 13.2. The third kappa shape index (κ3) is 5.52. The van der Waals surface area contributed by atoms with Crippen molar-refractivity contribution in [3.63, 3.8) is 0 Å². The number of phenolic OH excluding ortho intramolecular Hbond substituents is 2. The van der Waals surface area contributed by atoms with Crippen LogP contribution < -0.4 is 0 Å². The first-order valence-electron chi connectivity index (χ1n) is 9.33. The van der Waals surface area contributed by atoms with E-state index in [1.165, 1.54) is 23.4 Å². The number of rotatable bonds is 5. The van der Waals surface area contributed by atoms with Gasteiger partial charge in [-0.25, -0.2) is 0 Å². The van der Waals surface area contributed by atoms with Crippen LogP contribution in [0.5, 0.6) is 11.5 Å². The second-order valence-electron chi connectivity index (χ2n) is 6.74. The summed E-state index contributed by atoms with van der Waals surface area (Å²) in [6, 6.07) is 11.5. The molecule has 2 heterocycles. The fraction of sp³-hybridized carbons (Fsp3) is 0.0455.